The summed E-state index contributed by atoms with van der Waals surface area (Å²) in [5, 5.41) is 3.37. The fraction of sp³-hybridized carbons (Fsp3) is 0.250. The minimum Gasteiger partial charge on any atom is -0.485 e. The van der Waals surface area contributed by atoms with Crippen molar-refractivity contribution in [1.82, 2.24) is 5.32 Å². The van der Waals surface area contributed by atoms with Crippen LogP contribution in [-0.2, 0) is 18.0 Å². The molecule has 4 heteroatoms. The second-order valence-electron chi connectivity index (χ2n) is 6.82. The Morgan fingerprint density at radius 2 is 1.43 bits per heavy atom. The second kappa shape index (κ2) is 9.40. The number of ether oxygens (including phenoxy) is 3. The zero-order chi connectivity index (χ0) is 19.0. The zero-order valence-electron chi connectivity index (χ0n) is 15.8. The van der Waals surface area contributed by atoms with E-state index in [2.05, 4.69) is 35.6 Å². The van der Waals surface area contributed by atoms with E-state index >= 15 is 0 Å². The molecule has 28 heavy (non-hydrogen) atoms. The Balaban J connectivity index is 1.52. The standard InChI is InChI=1S/C24H25NO3/c1-3-7-19(8-4-1)17-27-22-12-11-21(24-16-25-13-14-26-24)15-23(22)28-18-20-9-5-2-6-10-20/h1-12,15,24-25H,13-14,16-18H2. The van der Waals surface area contributed by atoms with Crippen LogP contribution in [0.2, 0.25) is 0 Å². The molecule has 3 aromatic carbocycles. The van der Waals surface area contributed by atoms with Crippen molar-refractivity contribution in [2.75, 3.05) is 19.7 Å². The first kappa shape index (κ1) is 18.5. The van der Waals surface area contributed by atoms with Gasteiger partial charge in [-0.3, -0.25) is 0 Å². The van der Waals surface area contributed by atoms with Crippen LogP contribution in [-0.4, -0.2) is 19.7 Å². The normalized spacial score (nSPS) is 16.5. The topological polar surface area (TPSA) is 39.7 Å². The Labute approximate surface area is 166 Å². The van der Waals surface area contributed by atoms with Gasteiger partial charge in [-0.1, -0.05) is 66.7 Å². The number of hydrogen-bond acceptors (Lipinski definition) is 4. The summed E-state index contributed by atoms with van der Waals surface area (Å²) in [5.74, 6) is 1.48. The third-order valence-corrected chi connectivity index (χ3v) is 4.74. The molecule has 0 bridgehead atoms. The van der Waals surface area contributed by atoms with Gasteiger partial charge in [-0.05, 0) is 28.8 Å². The molecule has 4 nitrogen and oxygen atoms in total. The molecule has 0 saturated carbocycles. The maximum Gasteiger partial charge on any atom is 0.162 e. The van der Waals surface area contributed by atoms with Gasteiger partial charge in [-0.15, -0.1) is 0 Å². The minimum absolute atomic E-state index is 0.0380. The third kappa shape index (κ3) is 4.91. The molecule has 1 fully saturated rings. The van der Waals surface area contributed by atoms with Crippen molar-refractivity contribution in [3.63, 3.8) is 0 Å². The summed E-state index contributed by atoms with van der Waals surface area (Å²) in [5.41, 5.74) is 3.35. The second-order valence-corrected chi connectivity index (χ2v) is 6.82. The Kier molecular flexibility index (Phi) is 6.22. The van der Waals surface area contributed by atoms with Crippen LogP contribution >= 0.6 is 0 Å². The summed E-state index contributed by atoms with van der Waals surface area (Å²) in [6, 6.07) is 26.4. The highest BCUT2D eigenvalue weighted by molar-refractivity contribution is 5.44. The van der Waals surface area contributed by atoms with Crippen molar-refractivity contribution in [3.8, 4) is 11.5 Å². The van der Waals surface area contributed by atoms with Crippen molar-refractivity contribution in [2.24, 2.45) is 0 Å². The molecule has 1 atom stereocenters. The van der Waals surface area contributed by atoms with Gasteiger partial charge < -0.3 is 19.5 Å². The lowest BCUT2D eigenvalue weighted by atomic mass is 10.1. The SMILES string of the molecule is c1ccc(COc2ccc(C3CNCCO3)cc2OCc2ccccc2)cc1. The van der Waals surface area contributed by atoms with E-state index < -0.39 is 0 Å². The Morgan fingerprint density at radius 1 is 0.786 bits per heavy atom. The fourth-order valence-electron chi connectivity index (χ4n) is 3.21. The molecule has 0 aromatic heterocycles. The molecule has 1 saturated heterocycles. The maximum absolute atomic E-state index is 6.14. The van der Waals surface area contributed by atoms with E-state index in [1.807, 2.05) is 48.5 Å². The molecule has 1 heterocycles. The maximum atomic E-state index is 6.14. The van der Waals surface area contributed by atoms with Crippen LogP contribution in [0.25, 0.3) is 0 Å². The average Bonchev–Trinajstić information content (AvgIpc) is 2.78. The van der Waals surface area contributed by atoms with Gasteiger partial charge in [0.25, 0.3) is 0 Å². The number of benzene rings is 3. The average molecular weight is 375 g/mol. The van der Waals surface area contributed by atoms with E-state index in [4.69, 9.17) is 14.2 Å². The molecule has 1 aliphatic rings. The first-order chi connectivity index (χ1) is 13.9. The zero-order valence-corrected chi connectivity index (χ0v) is 15.8. The first-order valence-corrected chi connectivity index (χ1v) is 9.68. The van der Waals surface area contributed by atoms with E-state index in [1.54, 1.807) is 0 Å². The van der Waals surface area contributed by atoms with Crippen molar-refractivity contribution in [2.45, 2.75) is 19.3 Å². The quantitative estimate of drug-likeness (QED) is 0.660. The lowest BCUT2D eigenvalue weighted by Gasteiger charge is -2.25. The van der Waals surface area contributed by atoms with Gasteiger partial charge in [0, 0.05) is 13.1 Å². The highest BCUT2D eigenvalue weighted by Gasteiger charge is 2.18. The highest BCUT2D eigenvalue weighted by atomic mass is 16.5. The van der Waals surface area contributed by atoms with Crippen molar-refractivity contribution in [3.05, 3.63) is 95.6 Å². The van der Waals surface area contributed by atoms with Gasteiger partial charge in [0.1, 0.15) is 13.2 Å². The van der Waals surface area contributed by atoms with Gasteiger partial charge in [0.2, 0.25) is 0 Å². The van der Waals surface area contributed by atoms with Gasteiger partial charge in [0.15, 0.2) is 11.5 Å². The molecule has 0 aliphatic carbocycles. The lowest BCUT2D eigenvalue weighted by Crippen LogP contribution is -2.33. The van der Waals surface area contributed by atoms with Crippen LogP contribution in [0.15, 0.2) is 78.9 Å². The fourth-order valence-corrected chi connectivity index (χ4v) is 3.21. The summed E-state index contributed by atoms with van der Waals surface area (Å²) in [7, 11) is 0. The third-order valence-electron chi connectivity index (χ3n) is 4.74. The minimum atomic E-state index is 0.0380. The predicted octanol–water partition coefficient (Wildman–Crippen LogP) is 4.51. The number of rotatable bonds is 7. The van der Waals surface area contributed by atoms with Crippen LogP contribution in [0.3, 0.4) is 0 Å². The van der Waals surface area contributed by atoms with Crippen LogP contribution in [0.5, 0.6) is 11.5 Å². The van der Waals surface area contributed by atoms with Crippen molar-refractivity contribution in [1.29, 1.82) is 0 Å². The smallest absolute Gasteiger partial charge is 0.162 e. The molecule has 0 spiro atoms. The highest BCUT2D eigenvalue weighted by Crippen LogP contribution is 2.33. The van der Waals surface area contributed by atoms with Gasteiger partial charge in [-0.2, -0.15) is 0 Å². The summed E-state index contributed by atoms with van der Waals surface area (Å²) in [6.45, 7) is 3.42. The molecular weight excluding hydrogens is 350 g/mol. The Bertz CT molecular complexity index is 862. The van der Waals surface area contributed by atoms with E-state index in [9.17, 15) is 0 Å². The van der Waals surface area contributed by atoms with Crippen LogP contribution in [0.4, 0.5) is 0 Å². The monoisotopic (exact) mass is 375 g/mol. The first-order valence-electron chi connectivity index (χ1n) is 9.68. The number of morpholine rings is 1. The van der Waals surface area contributed by atoms with E-state index in [1.165, 1.54) is 0 Å². The van der Waals surface area contributed by atoms with Crippen LogP contribution in [0.1, 0.15) is 22.8 Å². The van der Waals surface area contributed by atoms with E-state index in [0.717, 1.165) is 47.9 Å². The molecule has 4 rings (SSSR count). The summed E-state index contributed by atoms with van der Waals surface area (Å²) in [4.78, 5) is 0. The Hall–Kier alpha value is -2.82. The Morgan fingerprint density at radius 3 is 2.04 bits per heavy atom. The van der Waals surface area contributed by atoms with Crippen LogP contribution < -0.4 is 14.8 Å². The largest absolute Gasteiger partial charge is 0.485 e. The molecule has 3 aromatic rings. The van der Waals surface area contributed by atoms with Gasteiger partial charge in [-0.25, -0.2) is 0 Å². The molecule has 0 amide bonds. The van der Waals surface area contributed by atoms with Gasteiger partial charge >= 0.3 is 0 Å². The molecule has 1 N–H and O–H groups in total. The number of hydrogen-bond donors (Lipinski definition) is 1. The molecule has 0 radical (unpaired) electrons. The summed E-state index contributed by atoms with van der Waals surface area (Å²) < 4.78 is 18.1. The van der Waals surface area contributed by atoms with Gasteiger partial charge in [0.05, 0.1) is 12.7 Å². The van der Waals surface area contributed by atoms with E-state index in [0.29, 0.717) is 13.2 Å². The van der Waals surface area contributed by atoms with Crippen LogP contribution in [0, 0.1) is 0 Å². The molecule has 1 unspecified atom stereocenters. The summed E-state index contributed by atoms with van der Waals surface area (Å²) in [6.07, 6.45) is 0.0380. The summed E-state index contributed by atoms with van der Waals surface area (Å²) >= 11 is 0. The predicted molar refractivity (Wildman–Crippen MR) is 110 cm³/mol. The molecular formula is C24H25NO3. The van der Waals surface area contributed by atoms with Crippen molar-refractivity contribution >= 4 is 0 Å². The number of nitrogens with one attached hydrogen (secondary N) is 1. The van der Waals surface area contributed by atoms with E-state index in [-0.39, 0.29) is 6.10 Å². The lowest BCUT2D eigenvalue weighted by molar-refractivity contribution is 0.0275. The molecule has 1 aliphatic heterocycles. The molecule has 144 valence electrons. The van der Waals surface area contributed by atoms with Crippen molar-refractivity contribution < 1.29 is 14.2 Å².